The number of aromatic amines is 3. The maximum absolute atomic E-state index is 11.3. The highest BCUT2D eigenvalue weighted by molar-refractivity contribution is 9.09. The molecular formula is C11H17BrN4O3. The van der Waals surface area contributed by atoms with Crippen LogP contribution in [0.5, 0.6) is 0 Å². The number of aliphatic hydroxyl groups excluding tert-OH is 1. The first-order valence-corrected chi connectivity index (χ1v) is 7.12. The summed E-state index contributed by atoms with van der Waals surface area (Å²) in [5.41, 5.74) is -0.343. The van der Waals surface area contributed by atoms with Crippen LogP contribution in [0.4, 0.5) is 0 Å². The average molecular weight is 333 g/mol. The number of rotatable bonds is 4. The van der Waals surface area contributed by atoms with Gasteiger partial charge in [0.2, 0.25) is 0 Å². The molecule has 0 aliphatic rings. The van der Waals surface area contributed by atoms with Crippen LogP contribution in [-0.4, -0.2) is 37.0 Å². The van der Waals surface area contributed by atoms with Gasteiger partial charge in [-0.25, -0.2) is 9.78 Å². The molecule has 0 aromatic carbocycles. The van der Waals surface area contributed by atoms with Gasteiger partial charge < -0.3 is 10.1 Å². The number of nitrogens with one attached hydrogen (secondary N) is 3. The van der Waals surface area contributed by atoms with Crippen molar-refractivity contribution in [2.75, 3.05) is 11.9 Å². The number of H-pyrrole nitrogens is 3. The lowest BCUT2D eigenvalue weighted by molar-refractivity contribution is 0.295. The van der Waals surface area contributed by atoms with Crippen molar-refractivity contribution in [3.8, 4) is 0 Å². The van der Waals surface area contributed by atoms with Crippen LogP contribution < -0.4 is 11.2 Å². The molecule has 2 heterocycles. The summed E-state index contributed by atoms with van der Waals surface area (Å²) in [4.78, 5) is 33.9. The minimum Gasteiger partial charge on any atom is -0.396 e. The van der Waals surface area contributed by atoms with Crippen LogP contribution in [0, 0.1) is 0 Å². The third-order valence-corrected chi connectivity index (χ3v) is 2.77. The Bertz CT molecular complexity index is 614. The van der Waals surface area contributed by atoms with Gasteiger partial charge in [0.1, 0.15) is 11.3 Å². The Hall–Kier alpha value is -1.41. The zero-order valence-corrected chi connectivity index (χ0v) is 12.2. The van der Waals surface area contributed by atoms with Crippen molar-refractivity contribution in [3.63, 3.8) is 0 Å². The summed E-state index contributed by atoms with van der Waals surface area (Å²) >= 11 is 3.31. The Kier molecular flexibility index (Phi) is 6.51. The van der Waals surface area contributed by atoms with Gasteiger partial charge in [-0.1, -0.05) is 22.9 Å². The number of alkyl halides is 1. The number of nitrogens with zero attached hydrogens (tertiary/aromatic N) is 1. The molecule has 0 saturated carbocycles. The van der Waals surface area contributed by atoms with Crippen LogP contribution in [0.3, 0.4) is 0 Å². The van der Waals surface area contributed by atoms with Gasteiger partial charge >= 0.3 is 5.69 Å². The topological polar surface area (TPSA) is 115 Å². The average Bonchev–Trinajstić information content (AvgIpc) is 2.79. The molecule has 0 unspecified atom stereocenters. The standard InChI is InChI=1S/C8H9BrN4O2.C3H8O/c9-3-1-2-4-10-5-6(11-4)12-8(15)13-7(5)14;1-2-3-4/h1-3H2,(H3,10,11,12,13,14,15);4H,2-3H2,1H3. The maximum Gasteiger partial charge on any atom is 0.327 e. The van der Waals surface area contributed by atoms with Crippen molar-refractivity contribution in [2.24, 2.45) is 0 Å². The fraction of sp³-hybridized carbons (Fsp3) is 0.545. The molecule has 0 bridgehead atoms. The van der Waals surface area contributed by atoms with Gasteiger partial charge in [0, 0.05) is 18.4 Å². The second kappa shape index (κ2) is 7.90. The summed E-state index contributed by atoms with van der Waals surface area (Å²) in [6.07, 6.45) is 2.53. The molecule has 0 spiro atoms. The second-order valence-electron chi connectivity index (χ2n) is 3.83. The zero-order chi connectivity index (χ0) is 14.3. The highest BCUT2D eigenvalue weighted by Crippen LogP contribution is 2.04. The summed E-state index contributed by atoms with van der Waals surface area (Å²) in [6.45, 7) is 2.25. The van der Waals surface area contributed by atoms with Crippen molar-refractivity contribution in [3.05, 3.63) is 26.7 Å². The zero-order valence-electron chi connectivity index (χ0n) is 10.6. The van der Waals surface area contributed by atoms with E-state index in [0.29, 0.717) is 23.6 Å². The lowest BCUT2D eigenvalue weighted by atomic mass is 10.3. The van der Waals surface area contributed by atoms with E-state index in [1.165, 1.54) is 0 Å². The van der Waals surface area contributed by atoms with Crippen molar-refractivity contribution in [1.29, 1.82) is 0 Å². The number of halogens is 1. The number of aliphatic hydroxyl groups is 1. The predicted molar refractivity (Wildman–Crippen MR) is 76.8 cm³/mol. The van der Waals surface area contributed by atoms with Crippen molar-refractivity contribution in [1.82, 2.24) is 19.9 Å². The lowest BCUT2D eigenvalue weighted by Gasteiger charge is -1.89. The van der Waals surface area contributed by atoms with E-state index < -0.39 is 11.2 Å². The SMILES string of the molecule is CCCO.O=c1[nH]c(=O)c2[nH]c(CCCBr)nc2[nH]1. The Morgan fingerprint density at radius 2 is 1.95 bits per heavy atom. The molecule has 0 saturated heterocycles. The van der Waals surface area contributed by atoms with Crippen LogP contribution in [0.25, 0.3) is 11.2 Å². The van der Waals surface area contributed by atoms with E-state index in [-0.39, 0.29) is 0 Å². The molecule has 19 heavy (non-hydrogen) atoms. The Morgan fingerprint density at radius 3 is 2.53 bits per heavy atom. The molecular weight excluding hydrogens is 316 g/mol. The van der Waals surface area contributed by atoms with Crippen LogP contribution in [0.15, 0.2) is 9.59 Å². The summed E-state index contributed by atoms with van der Waals surface area (Å²) in [5, 5.41) is 8.75. The summed E-state index contributed by atoms with van der Waals surface area (Å²) < 4.78 is 0. The molecule has 0 atom stereocenters. The lowest BCUT2D eigenvalue weighted by Crippen LogP contribution is -2.21. The van der Waals surface area contributed by atoms with Crippen LogP contribution in [0.2, 0.25) is 0 Å². The highest BCUT2D eigenvalue weighted by Gasteiger charge is 2.06. The van der Waals surface area contributed by atoms with E-state index >= 15 is 0 Å². The van der Waals surface area contributed by atoms with Crippen molar-refractivity contribution < 1.29 is 5.11 Å². The Balaban J connectivity index is 0.000000399. The smallest absolute Gasteiger partial charge is 0.327 e. The third kappa shape index (κ3) is 4.64. The monoisotopic (exact) mass is 332 g/mol. The largest absolute Gasteiger partial charge is 0.396 e. The first kappa shape index (κ1) is 15.6. The van der Waals surface area contributed by atoms with E-state index in [9.17, 15) is 9.59 Å². The number of hydrogen-bond donors (Lipinski definition) is 4. The van der Waals surface area contributed by atoms with Crippen LogP contribution in [0.1, 0.15) is 25.6 Å². The molecule has 0 amide bonds. The van der Waals surface area contributed by atoms with Gasteiger partial charge in [-0.15, -0.1) is 0 Å². The molecule has 7 nitrogen and oxygen atoms in total. The quantitative estimate of drug-likeness (QED) is 0.615. The normalized spacial score (nSPS) is 10.3. The highest BCUT2D eigenvalue weighted by atomic mass is 79.9. The predicted octanol–water partition coefficient (Wildman–Crippen LogP) is 0.656. The van der Waals surface area contributed by atoms with Crippen LogP contribution in [-0.2, 0) is 6.42 Å². The van der Waals surface area contributed by atoms with E-state index in [1.807, 2.05) is 6.92 Å². The Morgan fingerprint density at radius 1 is 1.26 bits per heavy atom. The molecule has 2 rings (SSSR count). The summed E-state index contributed by atoms with van der Waals surface area (Å²) in [7, 11) is 0. The fourth-order valence-corrected chi connectivity index (χ4v) is 1.61. The van der Waals surface area contributed by atoms with Gasteiger partial charge in [0.15, 0.2) is 5.65 Å². The third-order valence-electron chi connectivity index (χ3n) is 2.21. The second-order valence-corrected chi connectivity index (χ2v) is 4.62. The first-order chi connectivity index (χ1) is 9.12. The minimum atomic E-state index is -0.536. The van der Waals surface area contributed by atoms with Gasteiger partial charge in [0.25, 0.3) is 5.56 Å². The van der Waals surface area contributed by atoms with Crippen LogP contribution >= 0.6 is 15.9 Å². The number of hydrogen-bond acceptors (Lipinski definition) is 4. The molecule has 2 aromatic rings. The molecule has 0 aliphatic heterocycles. The van der Waals surface area contributed by atoms with Gasteiger partial charge in [0.05, 0.1) is 0 Å². The van der Waals surface area contributed by atoms with E-state index in [1.54, 1.807) is 0 Å². The Labute approximate surface area is 117 Å². The van der Waals surface area contributed by atoms with Gasteiger partial charge in [-0.05, 0) is 12.8 Å². The molecule has 0 aliphatic carbocycles. The molecule has 0 fully saturated rings. The molecule has 8 heteroatoms. The molecule has 2 aromatic heterocycles. The van der Waals surface area contributed by atoms with E-state index in [0.717, 1.165) is 24.6 Å². The number of aromatic nitrogens is 4. The maximum atomic E-state index is 11.3. The van der Waals surface area contributed by atoms with Gasteiger partial charge in [-0.3, -0.25) is 14.8 Å². The molecule has 0 radical (unpaired) electrons. The summed E-state index contributed by atoms with van der Waals surface area (Å²) in [6, 6.07) is 0. The van der Waals surface area contributed by atoms with E-state index in [4.69, 9.17) is 5.11 Å². The summed E-state index contributed by atoms with van der Waals surface area (Å²) in [5.74, 6) is 0.705. The number of imidazole rings is 1. The van der Waals surface area contributed by atoms with Gasteiger partial charge in [-0.2, -0.15) is 0 Å². The minimum absolute atomic E-state index is 0.313. The number of fused-ring (bicyclic) bond motifs is 1. The fourth-order valence-electron chi connectivity index (χ4n) is 1.33. The first-order valence-electron chi connectivity index (χ1n) is 6.00. The number of aryl methyl sites for hydroxylation is 1. The van der Waals surface area contributed by atoms with E-state index in [2.05, 4.69) is 35.9 Å². The van der Waals surface area contributed by atoms with Crippen molar-refractivity contribution in [2.45, 2.75) is 26.2 Å². The molecule has 106 valence electrons. The van der Waals surface area contributed by atoms with Crippen molar-refractivity contribution >= 4 is 27.1 Å². The molecule has 4 N–H and O–H groups in total.